The number of amides is 1. The van der Waals surface area contributed by atoms with Crippen molar-refractivity contribution in [1.29, 1.82) is 0 Å². The van der Waals surface area contributed by atoms with Gasteiger partial charge in [-0.2, -0.15) is 5.10 Å². The van der Waals surface area contributed by atoms with Crippen molar-refractivity contribution in [3.8, 4) is 17.1 Å². The van der Waals surface area contributed by atoms with E-state index >= 15 is 0 Å². The van der Waals surface area contributed by atoms with E-state index in [-0.39, 0.29) is 5.69 Å². The van der Waals surface area contributed by atoms with Gasteiger partial charge in [0.25, 0.3) is 5.91 Å². The van der Waals surface area contributed by atoms with Crippen LogP contribution in [0.2, 0.25) is 0 Å². The Bertz CT molecular complexity index is 1440. The third-order valence-electron chi connectivity index (χ3n) is 7.07. The quantitative estimate of drug-likeness (QED) is 0.453. The maximum atomic E-state index is 14.8. The van der Waals surface area contributed by atoms with Crippen molar-refractivity contribution in [2.45, 2.75) is 58.4 Å². The molecule has 0 fully saturated rings. The lowest BCUT2D eigenvalue weighted by atomic mass is 10.1. The smallest absolute Gasteiger partial charge is 0.276 e. The van der Waals surface area contributed by atoms with Crippen molar-refractivity contribution >= 4 is 11.6 Å². The van der Waals surface area contributed by atoms with Crippen molar-refractivity contribution in [3.63, 3.8) is 0 Å². The van der Waals surface area contributed by atoms with Crippen molar-refractivity contribution < 1.29 is 9.18 Å². The molecule has 0 spiro atoms. The second kappa shape index (κ2) is 8.76. The molecule has 178 valence electrons. The molecule has 0 unspecified atom stereocenters. The average Bonchev–Trinajstić information content (AvgIpc) is 3.53. The topological polar surface area (TPSA) is 77.6 Å². The number of fused-ring (bicyclic) bond motifs is 2. The molecule has 0 bridgehead atoms. The van der Waals surface area contributed by atoms with E-state index in [9.17, 15) is 9.18 Å². The molecule has 1 aliphatic carbocycles. The Morgan fingerprint density at radius 3 is 2.77 bits per heavy atom. The third kappa shape index (κ3) is 3.83. The summed E-state index contributed by atoms with van der Waals surface area (Å²) in [6, 6.07) is 12.7. The number of carbonyl (C=O) groups excluding carboxylic acids is 1. The molecule has 0 radical (unpaired) electrons. The highest BCUT2D eigenvalue weighted by atomic mass is 19.1. The fourth-order valence-corrected chi connectivity index (χ4v) is 5.26. The summed E-state index contributed by atoms with van der Waals surface area (Å²) in [6.07, 6.45) is 6.85. The van der Waals surface area contributed by atoms with Crippen LogP contribution in [0.5, 0.6) is 0 Å². The summed E-state index contributed by atoms with van der Waals surface area (Å²) in [4.78, 5) is 13.3. The monoisotopic (exact) mass is 470 g/mol. The number of carbonyl (C=O) groups is 1. The number of rotatable bonds is 4. The second-order valence-corrected chi connectivity index (χ2v) is 9.38. The number of hydrogen-bond acceptors (Lipinski definition) is 4. The number of benzene rings is 2. The van der Waals surface area contributed by atoms with Crippen LogP contribution in [0.25, 0.3) is 17.1 Å². The summed E-state index contributed by atoms with van der Waals surface area (Å²) >= 11 is 0. The van der Waals surface area contributed by atoms with Crippen LogP contribution in [-0.2, 0) is 25.8 Å². The number of aromatic nitrogens is 5. The predicted octanol–water partition coefficient (Wildman–Crippen LogP) is 5.05. The molecule has 8 heteroatoms. The molecule has 2 aliphatic rings. The summed E-state index contributed by atoms with van der Waals surface area (Å²) < 4.78 is 18.8. The van der Waals surface area contributed by atoms with Crippen LogP contribution in [-0.4, -0.2) is 30.5 Å². The number of nitrogens with zero attached hydrogens (tertiary/aromatic N) is 5. The van der Waals surface area contributed by atoms with Crippen LogP contribution in [0.3, 0.4) is 0 Å². The predicted molar refractivity (Wildman–Crippen MR) is 131 cm³/mol. The lowest BCUT2D eigenvalue weighted by Gasteiger charge is -2.10. The number of halogens is 1. The Morgan fingerprint density at radius 2 is 1.89 bits per heavy atom. The van der Waals surface area contributed by atoms with Gasteiger partial charge < -0.3 is 9.88 Å². The van der Waals surface area contributed by atoms with E-state index in [1.165, 1.54) is 6.07 Å². The van der Waals surface area contributed by atoms with Gasteiger partial charge in [-0.3, -0.25) is 4.79 Å². The molecule has 1 aliphatic heterocycles. The molecule has 0 saturated carbocycles. The number of aryl methyl sites for hydroxylation is 2. The van der Waals surface area contributed by atoms with E-state index in [1.54, 1.807) is 12.1 Å². The van der Waals surface area contributed by atoms with Gasteiger partial charge in [-0.1, -0.05) is 24.6 Å². The van der Waals surface area contributed by atoms with Gasteiger partial charge >= 0.3 is 0 Å². The van der Waals surface area contributed by atoms with Gasteiger partial charge in [0.2, 0.25) is 0 Å². The molecule has 4 aromatic rings. The first-order valence-corrected chi connectivity index (χ1v) is 12.3. The molecule has 35 heavy (non-hydrogen) atoms. The fourth-order valence-electron chi connectivity index (χ4n) is 5.26. The van der Waals surface area contributed by atoms with E-state index < -0.39 is 11.7 Å². The Balaban J connectivity index is 1.33. The molecule has 2 aromatic heterocycles. The first-order valence-electron chi connectivity index (χ1n) is 12.3. The highest BCUT2D eigenvalue weighted by Crippen LogP contribution is 2.31. The van der Waals surface area contributed by atoms with Gasteiger partial charge in [0.15, 0.2) is 11.5 Å². The van der Waals surface area contributed by atoms with Crippen molar-refractivity contribution in [3.05, 3.63) is 76.6 Å². The van der Waals surface area contributed by atoms with Crippen LogP contribution in [0, 0.1) is 12.7 Å². The second-order valence-electron chi connectivity index (χ2n) is 9.38. The highest BCUT2D eigenvalue weighted by molar-refractivity contribution is 6.04. The van der Waals surface area contributed by atoms with Gasteiger partial charge in [-0.15, -0.1) is 10.2 Å². The van der Waals surface area contributed by atoms with Crippen molar-refractivity contribution in [2.75, 3.05) is 5.32 Å². The van der Waals surface area contributed by atoms with Gasteiger partial charge in [0.05, 0.1) is 11.4 Å². The molecule has 0 saturated heterocycles. The van der Waals surface area contributed by atoms with Crippen LogP contribution in [0.1, 0.15) is 58.8 Å². The fraction of sp³-hybridized carbons (Fsp3) is 0.333. The molecule has 0 atom stereocenters. The maximum absolute atomic E-state index is 14.8. The zero-order valence-electron chi connectivity index (χ0n) is 19.7. The van der Waals surface area contributed by atoms with Gasteiger partial charge in [-0.05, 0) is 68.9 Å². The first-order chi connectivity index (χ1) is 17.1. The number of hydrogen-bond donors (Lipinski definition) is 1. The summed E-state index contributed by atoms with van der Waals surface area (Å²) in [7, 11) is 0. The van der Waals surface area contributed by atoms with E-state index in [1.807, 2.05) is 35.9 Å². The highest BCUT2D eigenvalue weighted by Gasteiger charge is 2.28. The van der Waals surface area contributed by atoms with Gasteiger partial charge in [0.1, 0.15) is 11.6 Å². The van der Waals surface area contributed by atoms with Crippen LogP contribution >= 0.6 is 0 Å². The van der Waals surface area contributed by atoms with E-state index in [0.717, 1.165) is 85.4 Å². The number of para-hydroxylation sites is 1. The van der Waals surface area contributed by atoms with Gasteiger partial charge in [-0.25, -0.2) is 9.07 Å². The van der Waals surface area contributed by atoms with Crippen LogP contribution in [0.15, 0.2) is 42.5 Å². The zero-order valence-corrected chi connectivity index (χ0v) is 19.7. The molecule has 1 amide bonds. The van der Waals surface area contributed by atoms with E-state index in [0.29, 0.717) is 11.5 Å². The van der Waals surface area contributed by atoms with E-state index in [2.05, 4.69) is 25.2 Å². The summed E-state index contributed by atoms with van der Waals surface area (Å²) in [5, 5.41) is 16.2. The summed E-state index contributed by atoms with van der Waals surface area (Å²) in [6.45, 7) is 2.88. The average molecular weight is 471 g/mol. The van der Waals surface area contributed by atoms with Crippen molar-refractivity contribution in [1.82, 2.24) is 24.5 Å². The largest absolute Gasteiger partial charge is 0.318 e. The Kier molecular flexibility index (Phi) is 5.43. The SMILES string of the molecule is Cc1ccccc1-n1nc(C(=O)Nc2cc(-c3nnc4n3CCCCC4)ccc2F)c2c1CCC2. The number of anilines is 1. The summed E-state index contributed by atoms with van der Waals surface area (Å²) in [5.41, 5.74) is 5.28. The minimum Gasteiger partial charge on any atom is -0.318 e. The Hall–Kier alpha value is -3.81. The van der Waals surface area contributed by atoms with E-state index in [4.69, 9.17) is 0 Å². The Labute approximate surface area is 203 Å². The normalized spacial score (nSPS) is 14.9. The minimum atomic E-state index is -0.493. The minimum absolute atomic E-state index is 0.121. The first kappa shape index (κ1) is 21.7. The van der Waals surface area contributed by atoms with Crippen LogP contribution in [0.4, 0.5) is 10.1 Å². The lowest BCUT2D eigenvalue weighted by Crippen LogP contribution is -2.16. The maximum Gasteiger partial charge on any atom is 0.276 e. The van der Waals surface area contributed by atoms with Crippen LogP contribution < -0.4 is 5.32 Å². The molecule has 1 N–H and O–H groups in total. The van der Waals surface area contributed by atoms with Gasteiger partial charge in [0, 0.05) is 29.8 Å². The molecular formula is C27H27FN6O. The zero-order chi connectivity index (χ0) is 23.9. The lowest BCUT2D eigenvalue weighted by molar-refractivity contribution is 0.102. The Morgan fingerprint density at radius 1 is 1.00 bits per heavy atom. The van der Waals surface area contributed by atoms with Crippen molar-refractivity contribution in [2.24, 2.45) is 0 Å². The number of nitrogens with one attached hydrogen (secondary N) is 1. The molecule has 2 aromatic carbocycles. The summed E-state index contributed by atoms with van der Waals surface area (Å²) in [5.74, 6) is 0.783. The molecule has 6 rings (SSSR count). The molecule has 7 nitrogen and oxygen atoms in total. The third-order valence-corrected chi connectivity index (χ3v) is 7.07. The molecule has 3 heterocycles. The standard InChI is InChI=1S/C27H27FN6O/c1-17-8-4-5-10-22(17)34-23-11-7-9-19(23)25(32-34)27(35)29-21-16-18(13-14-20(21)28)26-31-30-24-12-3-2-6-15-33(24)26/h4-5,8,10,13-14,16H,2-3,6-7,9,11-12,15H2,1H3,(H,29,35). The molecular weight excluding hydrogens is 443 g/mol.